The van der Waals surface area contributed by atoms with Crippen molar-refractivity contribution in [2.75, 3.05) is 0 Å². The minimum absolute atomic E-state index is 0.318. The molecule has 1 aliphatic rings. The molecule has 0 aromatic heterocycles. The molecule has 1 atom stereocenters. The third-order valence-electron chi connectivity index (χ3n) is 1.61. The van der Waals surface area contributed by atoms with Gasteiger partial charge in [-0.25, -0.2) is 0 Å². The van der Waals surface area contributed by atoms with E-state index in [9.17, 15) is 0 Å². The first-order valence-electron chi connectivity index (χ1n) is 3.64. The molecule has 0 aliphatic heterocycles. The fraction of sp³-hybridized carbons (Fsp3) is 0.200. The van der Waals surface area contributed by atoms with Crippen LogP contribution < -0.4 is 5.73 Å². The van der Waals surface area contributed by atoms with Crippen LogP contribution in [0.25, 0.3) is 0 Å². The molecular weight excluding hydrogens is 134 g/mol. The predicted octanol–water partition coefficient (Wildman–Crippen LogP) is 1.94. The number of hydrogen-bond donors (Lipinski definition) is 1. The van der Waals surface area contributed by atoms with E-state index in [1.165, 1.54) is 0 Å². The minimum atomic E-state index is -0.318. The van der Waals surface area contributed by atoms with Gasteiger partial charge < -0.3 is 5.73 Å². The van der Waals surface area contributed by atoms with Crippen LogP contribution in [0, 0.1) is 0 Å². The summed E-state index contributed by atoms with van der Waals surface area (Å²) in [4.78, 5) is 0. The van der Waals surface area contributed by atoms with Gasteiger partial charge in [0, 0.05) is 0 Å². The summed E-state index contributed by atoms with van der Waals surface area (Å²) in [7, 11) is 0. The van der Waals surface area contributed by atoms with Crippen molar-refractivity contribution >= 4 is 0 Å². The van der Waals surface area contributed by atoms with Crippen molar-refractivity contribution in [1.82, 2.24) is 0 Å². The molecule has 0 bridgehead atoms. The second-order valence-corrected chi connectivity index (χ2v) is 2.93. The van der Waals surface area contributed by atoms with Crippen molar-refractivity contribution in [3.05, 3.63) is 48.6 Å². The standard InChI is InChI=1S/C10H13N/c1-3-9-5-4-7-10(2,11)8-6-9/h3-8H,1,11H2,2H3. The van der Waals surface area contributed by atoms with Gasteiger partial charge in [-0.15, -0.1) is 0 Å². The molecule has 1 nitrogen and oxygen atoms in total. The molecule has 0 radical (unpaired) electrons. The Kier molecular flexibility index (Phi) is 2.11. The maximum Gasteiger partial charge on any atom is 0.0502 e. The Morgan fingerprint density at radius 2 is 2.27 bits per heavy atom. The molecule has 2 N–H and O–H groups in total. The molecule has 1 rings (SSSR count). The molecule has 0 aromatic rings. The highest BCUT2D eigenvalue weighted by molar-refractivity contribution is 5.38. The van der Waals surface area contributed by atoms with Crippen molar-refractivity contribution in [3.8, 4) is 0 Å². The van der Waals surface area contributed by atoms with Gasteiger partial charge in [-0.05, 0) is 12.5 Å². The van der Waals surface area contributed by atoms with Crippen molar-refractivity contribution in [2.45, 2.75) is 12.5 Å². The van der Waals surface area contributed by atoms with Gasteiger partial charge in [0.1, 0.15) is 0 Å². The first-order chi connectivity index (χ1) is 5.14. The van der Waals surface area contributed by atoms with Crippen molar-refractivity contribution in [2.24, 2.45) is 5.73 Å². The molecule has 0 heterocycles. The molecule has 58 valence electrons. The Labute approximate surface area is 67.6 Å². The summed E-state index contributed by atoms with van der Waals surface area (Å²) in [6.07, 6.45) is 11.7. The van der Waals surface area contributed by atoms with E-state index in [4.69, 9.17) is 5.73 Å². The Bertz CT molecular complexity index is 242. The van der Waals surface area contributed by atoms with Gasteiger partial charge in [0.05, 0.1) is 5.54 Å². The normalized spacial score (nSPS) is 29.5. The van der Waals surface area contributed by atoms with Gasteiger partial charge in [-0.3, -0.25) is 0 Å². The highest BCUT2D eigenvalue weighted by Crippen LogP contribution is 2.11. The second-order valence-electron chi connectivity index (χ2n) is 2.93. The maximum atomic E-state index is 5.85. The second kappa shape index (κ2) is 2.89. The van der Waals surface area contributed by atoms with Crippen LogP contribution in [0.4, 0.5) is 0 Å². The van der Waals surface area contributed by atoms with Crippen LogP contribution in [0.2, 0.25) is 0 Å². The average molecular weight is 147 g/mol. The summed E-state index contributed by atoms with van der Waals surface area (Å²) < 4.78 is 0. The topological polar surface area (TPSA) is 26.0 Å². The molecule has 0 saturated heterocycles. The summed E-state index contributed by atoms with van der Waals surface area (Å²) in [5.41, 5.74) is 6.63. The summed E-state index contributed by atoms with van der Waals surface area (Å²) >= 11 is 0. The molecule has 0 spiro atoms. The van der Waals surface area contributed by atoms with Gasteiger partial charge in [-0.2, -0.15) is 0 Å². The van der Waals surface area contributed by atoms with E-state index >= 15 is 0 Å². The summed E-state index contributed by atoms with van der Waals surface area (Å²) in [5.74, 6) is 0. The van der Waals surface area contributed by atoms with Gasteiger partial charge in [0.2, 0.25) is 0 Å². The molecule has 11 heavy (non-hydrogen) atoms. The third-order valence-corrected chi connectivity index (χ3v) is 1.61. The minimum Gasteiger partial charge on any atom is -0.319 e. The zero-order chi connectivity index (χ0) is 8.32. The first-order valence-corrected chi connectivity index (χ1v) is 3.64. The summed E-state index contributed by atoms with van der Waals surface area (Å²) in [5, 5.41) is 0. The smallest absolute Gasteiger partial charge is 0.0502 e. The highest BCUT2D eigenvalue weighted by Gasteiger charge is 2.09. The van der Waals surface area contributed by atoms with Crippen molar-refractivity contribution in [3.63, 3.8) is 0 Å². The Morgan fingerprint density at radius 1 is 1.55 bits per heavy atom. The van der Waals surface area contributed by atoms with Crippen LogP contribution in [-0.2, 0) is 0 Å². The highest BCUT2D eigenvalue weighted by atomic mass is 14.7. The average Bonchev–Trinajstić information content (AvgIpc) is 2.10. The lowest BCUT2D eigenvalue weighted by Gasteiger charge is -2.12. The van der Waals surface area contributed by atoms with Gasteiger partial charge in [0.15, 0.2) is 0 Å². The van der Waals surface area contributed by atoms with E-state index in [-0.39, 0.29) is 5.54 Å². The molecule has 0 fully saturated rings. The lowest BCUT2D eigenvalue weighted by molar-refractivity contribution is 0.736. The monoisotopic (exact) mass is 147 g/mol. The maximum absolute atomic E-state index is 5.85. The molecule has 0 aromatic carbocycles. The SMILES string of the molecule is C=CC1=CC=CC(C)(N)C=C1. The summed E-state index contributed by atoms with van der Waals surface area (Å²) in [6, 6.07) is 0. The van der Waals surface area contributed by atoms with E-state index in [1.807, 2.05) is 43.4 Å². The number of hydrogen-bond acceptors (Lipinski definition) is 1. The van der Waals surface area contributed by atoms with E-state index in [2.05, 4.69) is 6.58 Å². The van der Waals surface area contributed by atoms with Crippen LogP contribution in [0.1, 0.15) is 6.92 Å². The van der Waals surface area contributed by atoms with E-state index in [0.29, 0.717) is 0 Å². The van der Waals surface area contributed by atoms with Crippen LogP contribution in [0.3, 0.4) is 0 Å². The van der Waals surface area contributed by atoms with Crippen LogP contribution in [0.15, 0.2) is 48.6 Å². The fourth-order valence-corrected chi connectivity index (χ4v) is 0.890. The number of nitrogens with two attached hydrogens (primary N) is 1. The Hall–Kier alpha value is -1.08. The lowest BCUT2D eigenvalue weighted by Crippen LogP contribution is -2.30. The number of allylic oxidation sites excluding steroid dienone is 5. The van der Waals surface area contributed by atoms with Crippen LogP contribution >= 0.6 is 0 Å². The zero-order valence-electron chi connectivity index (χ0n) is 6.75. The molecule has 0 saturated carbocycles. The Morgan fingerprint density at radius 3 is 2.91 bits per heavy atom. The molecule has 1 aliphatic carbocycles. The fourth-order valence-electron chi connectivity index (χ4n) is 0.890. The van der Waals surface area contributed by atoms with Gasteiger partial charge in [-0.1, -0.05) is 43.0 Å². The summed E-state index contributed by atoms with van der Waals surface area (Å²) in [6.45, 7) is 5.64. The van der Waals surface area contributed by atoms with Crippen molar-refractivity contribution in [1.29, 1.82) is 0 Å². The van der Waals surface area contributed by atoms with Gasteiger partial charge >= 0.3 is 0 Å². The molecule has 1 heteroatoms. The first kappa shape index (κ1) is 8.02. The largest absolute Gasteiger partial charge is 0.319 e. The van der Waals surface area contributed by atoms with Crippen LogP contribution in [-0.4, -0.2) is 5.54 Å². The molecule has 1 unspecified atom stereocenters. The zero-order valence-corrected chi connectivity index (χ0v) is 6.75. The van der Waals surface area contributed by atoms with Crippen molar-refractivity contribution < 1.29 is 0 Å². The van der Waals surface area contributed by atoms with E-state index in [1.54, 1.807) is 0 Å². The predicted molar refractivity (Wildman–Crippen MR) is 49.2 cm³/mol. The molecule has 0 amide bonds. The lowest BCUT2D eigenvalue weighted by atomic mass is 10.0. The number of rotatable bonds is 1. The van der Waals surface area contributed by atoms with E-state index in [0.717, 1.165) is 5.57 Å². The molecular formula is C10H13N. The van der Waals surface area contributed by atoms with Gasteiger partial charge in [0.25, 0.3) is 0 Å². The quantitative estimate of drug-likeness (QED) is 0.602. The third kappa shape index (κ3) is 2.20. The van der Waals surface area contributed by atoms with E-state index < -0.39 is 0 Å². The Balaban J connectivity index is 2.91. The van der Waals surface area contributed by atoms with Crippen LogP contribution in [0.5, 0.6) is 0 Å².